The van der Waals surface area contributed by atoms with Gasteiger partial charge in [0.1, 0.15) is 23.4 Å². The summed E-state index contributed by atoms with van der Waals surface area (Å²) in [4.78, 5) is 12.5. The molecule has 180 valence electrons. The molecule has 0 aromatic heterocycles. The lowest BCUT2D eigenvalue weighted by Gasteiger charge is -2.42. The number of hydrogen-bond donors (Lipinski definition) is 1. The SMILES string of the molecule is CC/C=C(C)/C=C/CNCC(=O)O[C@@H]1CC[C@]2(CO2)[C@@H]([C@@]2(C)OC2CC=C(C)C)[C@@H]1OC. The molecule has 0 radical (unpaired) electrons. The highest BCUT2D eigenvalue weighted by Crippen LogP contribution is 2.59. The summed E-state index contributed by atoms with van der Waals surface area (Å²) in [5.41, 5.74) is 1.99. The van der Waals surface area contributed by atoms with Crippen LogP contribution in [-0.4, -0.2) is 62.3 Å². The van der Waals surface area contributed by atoms with Crippen molar-refractivity contribution in [1.29, 1.82) is 0 Å². The first-order chi connectivity index (χ1) is 15.3. The van der Waals surface area contributed by atoms with Crippen molar-refractivity contribution in [2.75, 3.05) is 26.8 Å². The average molecular weight is 448 g/mol. The lowest BCUT2D eigenvalue weighted by molar-refractivity contribution is -0.170. The van der Waals surface area contributed by atoms with Crippen molar-refractivity contribution in [2.45, 2.75) is 89.8 Å². The maximum Gasteiger partial charge on any atom is 0.320 e. The Morgan fingerprint density at radius 3 is 2.62 bits per heavy atom. The molecule has 6 nitrogen and oxygen atoms in total. The molecule has 0 aromatic rings. The van der Waals surface area contributed by atoms with E-state index in [1.165, 1.54) is 11.1 Å². The Labute approximate surface area is 193 Å². The summed E-state index contributed by atoms with van der Waals surface area (Å²) in [5, 5.41) is 3.14. The lowest BCUT2D eigenvalue weighted by Crippen LogP contribution is -2.56. The molecule has 3 aliphatic rings. The van der Waals surface area contributed by atoms with Gasteiger partial charge in [0.25, 0.3) is 0 Å². The zero-order valence-corrected chi connectivity index (χ0v) is 20.6. The van der Waals surface area contributed by atoms with Crippen LogP contribution in [0.5, 0.6) is 0 Å². The van der Waals surface area contributed by atoms with E-state index in [9.17, 15) is 4.79 Å². The molecule has 2 saturated heterocycles. The van der Waals surface area contributed by atoms with Gasteiger partial charge >= 0.3 is 5.97 Å². The van der Waals surface area contributed by atoms with E-state index in [0.717, 1.165) is 32.3 Å². The Morgan fingerprint density at radius 2 is 2.00 bits per heavy atom. The maximum atomic E-state index is 12.5. The number of epoxide rings is 2. The van der Waals surface area contributed by atoms with Crippen LogP contribution < -0.4 is 5.32 Å². The predicted octanol–water partition coefficient (Wildman–Crippen LogP) is 4.11. The first kappa shape index (κ1) is 25.2. The van der Waals surface area contributed by atoms with Crippen LogP contribution in [0.15, 0.2) is 35.5 Å². The molecule has 1 aliphatic carbocycles. The standard InChI is InChI=1S/C26H41NO5/c1-7-9-19(4)10-8-15-27-16-22(28)31-20-13-14-26(17-30-26)24(23(20)29-6)25(5)21(32-25)12-11-18(2)3/h8-11,20-21,23-24,27H,7,12-17H2,1-6H3/b10-8+,19-9+/t20-,21?,23-,24-,25+,26+/m1/s1. The molecule has 2 heterocycles. The third-order valence-electron chi connectivity index (χ3n) is 6.96. The Kier molecular flexibility index (Phi) is 8.37. The highest BCUT2D eigenvalue weighted by atomic mass is 16.6. The molecule has 1 saturated carbocycles. The molecule has 6 atom stereocenters. The van der Waals surface area contributed by atoms with Crippen LogP contribution in [-0.2, 0) is 23.7 Å². The average Bonchev–Trinajstić information content (AvgIpc) is 3.65. The van der Waals surface area contributed by atoms with Gasteiger partial charge in [-0.05, 0) is 53.4 Å². The smallest absolute Gasteiger partial charge is 0.320 e. The normalized spacial score (nSPS) is 36.4. The zero-order chi connectivity index (χ0) is 23.4. The third kappa shape index (κ3) is 5.90. The Morgan fingerprint density at radius 1 is 1.25 bits per heavy atom. The quantitative estimate of drug-likeness (QED) is 0.169. The molecule has 1 spiro atoms. The van der Waals surface area contributed by atoms with E-state index >= 15 is 0 Å². The van der Waals surface area contributed by atoms with Crippen LogP contribution >= 0.6 is 0 Å². The Bertz CT molecular complexity index is 749. The summed E-state index contributed by atoms with van der Waals surface area (Å²) in [6.45, 7) is 12.1. The van der Waals surface area contributed by atoms with Crippen molar-refractivity contribution in [2.24, 2.45) is 5.92 Å². The highest BCUT2D eigenvalue weighted by Gasteiger charge is 2.72. The predicted molar refractivity (Wildman–Crippen MR) is 125 cm³/mol. The fraction of sp³-hybridized carbons (Fsp3) is 0.731. The van der Waals surface area contributed by atoms with Crippen molar-refractivity contribution >= 4 is 5.97 Å². The van der Waals surface area contributed by atoms with Crippen LogP contribution in [0.1, 0.15) is 60.3 Å². The van der Waals surface area contributed by atoms with Crippen molar-refractivity contribution in [3.05, 3.63) is 35.5 Å². The summed E-state index contributed by atoms with van der Waals surface area (Å²) in [6, 6.07) is 0. The third-order valence-corrected chi connectivity index (χ3v) is 6.96. The van der Waals surface area contributed by atoms with Gasteiger partial charge in [-0.1, -0.05) is 42.4 Å². The fourth-order valence-electron chi connectivity index (χ4n) is 5.17. The van der Waals surface area contributed by atoms with Gasteiger partial charge < -0.3 is 24.3 Å². The van der Waals surface area contributed by atoms with E-state index in [-0.39, 0.29) is 47.9 Å². The molecular weight excluding hydrogens is 406 g/mol. The maximum absolute atomic E-state index is 12.5. The van der Waals surface area contributed by atoms with E-state index in [1.54, 1.807) is 7.11 Å². The molecule has 6 heteroatoms. The number of esters is 1. The van der Waals surface area contributed by atoms with Crippen LogP contribution in [0, 0.1) is 5.92 Å². The Balaban J connectivity index is 1.56. The second-order valence-corrected chi connectivity index (χ2v) is 9.80. The number of allylic oxidation sites excluding steroid dienone is 4. The minimum absolute atomic E-state index is 0.0475. The first-order valence-corrected chi connectivity index (χ1v) is 12.0. The largest absolute Gasteiger partial charge is 0.459 e. The Hall–Kier alpha value is -1.47. The summed E-state index contributed by atoms with van der Waals surface area (Å²) in [5.74, 6) is -0.202. The minimum atomic E-state index is -0.318. The first-order valence-electron chi connectivity index (χ1n) is 12.0. The molecule has 3 fully saturated rings. The van der Waals surface area contributed by atoms with Gasteiger partial charge in [0.15, 0.2) is 0 Å². The fourth-order valence-corrected chi connectivity index (χ4v) is 5.17. The van der Waals surface area contributed by atoms with Crippen LogP contribution in [0.25, 0.3) is 0 Å². The van der Waals surface area contributed by atoms with Gasteiger partial charge in [0.05, 0.1) is 25.2 Å². The monoisotopic (exact) mass is 447 g/mol. The van der Waals surface area contributed by atoms with Gasteiger partial charge in [-0.2, -0.15) is 0 Å². The molecule has 3 rings (SSSR count). The molecule has 2 aliphatic heterocycles. The molecule has 1 unspecified atom stereocenters. The van der Waals surface area contributed by atoms with Crippen molar-refractivity contribution < 1.29 is 23.7 Å². The number of ether oxygens (including phenoxy) is 4. The molecule has 32 heavy (non-hydrogen) atoms. The molecule has 0 amide bonds. The van der Waals surface area contributed by atoms with Crippen LogP contribution in [0.3, 0.4) is 0 Å². The zero-order valence-electron chi connectivity index (χ0n) is 20.6. The van der Waals surface area contributed by atoms with Gasteiger partial charge in [-0.3, -0.25) is 4.79 Å². The summed E-state index contributed by atoms with van der Waals surface area (Å²) < 4.78 is 24.0. The number of carbonyl (C=O) groups is 1. The van der Waals surface area contributed by atoms with Gasteiger partial charge in [-0.15, -0.1) is 0 Å². The number of carbonyl (C=O) groups excluding carboxylic acids is 1. The number of hydrogen-bond acceptors (Lipinski definition) is 6. The van der Waals surface area contributed by atoms with E-state index in [4.69, 9.17) is 18.9 Å². The second kappa shape index (κ2) is 10.6. The van der Waals surface area contributed by atoms with E-state index < -0.39 is 0 Å². The van der Waals surface area contributed by atoms with Gasteiger partial charge in [0.2, 0.25) is 0 Å². The number of methoxy groups -OCH3 is 1. The minimum Gasteiger partial charge on any atom is -0.459 e. The van der Waals surface area contributed by atoms with Gasteiger partial charge in [0, 0.05) is 13.7 Å². The van der Waals surface area contributed by atoms with Crippen molar-refractivity contribution in [3.8, 4) is 0 Å². The molecule has 0 bridgehead atoms. The van der Waals surface area contributed by atoms with E-state index in [0.29, 0.717) is 6.54 Å². The summed E-state index contributed by atoms with van der Waals surface area (Å²) in [6.07, 6.45) is 11.6. The van der Waals surface area contributed by atoms with Crippen molar-refractivity contribution in [1.82, 2.24) is 5.32 Å². The summed E-state index contributed by atoms with van der Waals surface area (Å²) >= 11 is 0. The number of nitrogens with one attached hydrogen (secondary N) is 1. The summed E-state index contributed by atoms with van der Waals surface area (Å²) in [7, 11) is 1.70. The highest BCUT2D eigenvalue weighted by molar-refractivity contribution is 5.72. The molecular formula is C26H41NO5. The van der Waals surface area contributed by atoms with E-state index in [2.05, 4.69) is 58.2 Å². The van der Waals surface area contributed by atoms with Crippen molar-refractivity contribution in [3.63, 3.8) is 0 Å². The topological polar surface area (TPSA) is 72.6 Å². The second-order valence-electron chi connectivity index (χ2n) is 9.80. The van der Waals surface area contributed by atoms with Gasteiger partial charge in [-0.25, -0.2) is 0 Å². The lowest BCUT2D eigenvalue weighted by atomic mass is 9.68. The van der Waals surface area contributed by atoms with Crippen LogP contribution in [0.4, 0.5) is 0 Å². The van der Waals surface area contributed by atoms with Crippen LogP contribution in [0.2, 0.25) is 0 Å². The number of rotatable bonds is 11. The van der Waals surface area contributed by atoms with E-state index in [1.807, 2.05) is 6.08 Å². The molecule has 1 N–H and O–H groups in total. The molecule has 0 aromatic carbocycles.